The molecule has 118 valence electrons. The van der Waals surface area contributed by atoms with E-state index in [9.17, 15) is 25.0 Å². The first kappa shape index (κ1) is 15.8. The van der Waals surface area contributed by atoms with Crippen LogP contribution in [0, 0.1) is 20.2 Å². The van der Waals surface area contributed by atoms with E-state index < -0.39 is 15.5 Å². The Balaban J connectivity index is 2.02. The Labute approximate surface area is 125 Å². The van der Waals surface area contributed by atoms with Gasteiger partial charge in [0.1, 0.15) is 0 Å². The van der Waals surface area contributed by atoms with Crippen molar-refractivity contribution in [1.82, 2.24) is 5.32 Å². The second-order valence-electron chi connectivity index (χ2n) is 4.94. The Morgan fingerprint density at radius 1 is 1.32 bits per heavy atom. The van der Waals surface area contributed by atoms with Crippen molar-refractivity contribution >= 4 is 17.3 Å². The van der Waals surface area contributed by atoms with E-state index in [1.807, 2.05) is 0 Å². The highest BCUT2D eigenvalue weighted by Gasteiger charge is 2.22. The third-order valence-corrected chi connectivity index (χ3v) is 3.38. The topological polar surface area (TPSA) is 125 Å². The summed E-state index contributed by atoms with van der Waals surface area (Å²) in [5.41, 5.74) is -0.669. The molecule has 1 aliphatic rings. The first-order chi connectivity index (χ1) is 10.5. The maximum Gasteiger partial charge on any atom is 0.279 e. The van der Waals surface area contributed by atoms with Gasteiger partial charge in [0.05, 0.1) is 28.4 Å². The lowest BCUT2D eigenvalue weighted by Crippen LogP contribution is -2.32. The number of carbonyl (C=O) groups excluding carboxylic acids is 1. The van der Waals surface area contributed by atoms with Crippen molar-refractivity contribution in [2.24, 2.45) is 0 Å². The first-order valence-corrected chi connectivity index (χ1v) is 6.77. The van der Waals surface area contributed by atoms with Crippen LogP contribution in [0.4, 0.5) is 11.4 Å². The Kier molecular flexibility index (Phi) is 4.99. The highest BCUT2D eigenvalue weighted by Crippen LogP contribution is 2.25. The summed E-state index contributed by atoms with van der Waals surface area (Å²) in [6, 6.07) is 3.25. The van der Waals surface area contributed by atoms with Gasteiger partial charge in [-0.1, -0.05) is 0 Å². The molecule has 1 aromatic carbocycles. The van der Waals surface area contributed by atoms with Crippen LogP contribution in [0.15, 0.2) is 18.2 Å². The second-order valence-corrected chi connectivity index (χ2v) is 4.94. The zero-order chi connectivity index (χ0) is 16.1. The van der Waals surface area contributed by atoms with Crippen LogP contribution < -0.4 is 5.32 Å². The molecule has 0 aliphatic carbocycles. The van der Waals surface area contributed by atoms with E-state index in [0.717, 1.165) is 25.0 Å². The summed E-state index contributed by atoms with van der Waals surface area (Å²) in [5.74, 6) is -0.382. The Hall–Kier alpha value is -2.55. The molecule has 9 heteroatoms. The summed E-state index contributed by atoms with van der Waals surface area (Å²) in [5, 5.41) is 24.3. The number of nitro groups is 2. The van der Waals surface area contributed by atoms with E-state index in [4.69, 9.17) is 4.74 Å². The van der Waals surface area contributed by atoms with Crippen LogP contribution in [0.2, 0.25) is 0 Å². The van der Waals surface area contributed by atoms with Crippen LogP contribution in [0.1, 0.15) is 18.4 Å². The van der Waals surface area contributed by atoms with Gasteiger partial charge in [-0.2, -0.15) is 0 Å². The lowest BCUT2D eigenvalue weighted by molar-refractivity contribution is -0.394. The fourth-order valence-electron chi connectivity index (χ4n) is 2.25. The van der Waals surface area contributed by atoms with E-state index >= 15 is 0 Å². The third-order valence-electron chi connectivity index (χ3n) is 3.38. The van der Waals surface area contributed by atoms with Crippen molar-refractivity contribution in [3.63, 3.8) is 0 Å². The predicted octanol–water partition coefficient (Wildman–Crippen LogP) is 1.34. The van der Waals surface area contributed by atoms with Crippen LogP contribution in [-0.2, 0) is 16.0 Å². The number of non-ortho nitro benzene ring substituents is 1. The molecule has 22 heavy (non-hydrogen) atoms. The molecule has 1 atom stereocenters. The zero-order valence-electron chi connectivity index (χ0n) is 11.7. The molecule has 0 bridgehead atoms. The number of nitrogens with one attached hydrogen (secondary N) is 1. The lowest BCUT2D eigenvalue weighted by Gasteiger charge is -2.10. The highest BCUT2D eigenvalue weighted by molar-refractivity contribution is 5.80. The van der Waals surface area contributed by atoms with Gasteiger partial charge < -0.3 is 10.1 Å². The van der Waals surface area contributed by atoms with Crippen molar-refractivity contribution in [1.29, 1.82) is 0 Å². The van der Waals surface area contributed by atoms with Crippen molar-refractivity contribution in [2.45, 2.75) is 25.4 Å². The minimum absolute atomic E-state index is 0.0178. The molecule has 1 N–H and O–H groups in total. The molecule has 1 unspecified atom stereocenters. The van der Waals surface area contributed by atoms with E-state index in [2.05, 4.69) is 5.32 Å². The smallest absolute Gasteiger partial charge is 0.279 e. The Bertz CT molecular complexity index is 597. The minimum atomic E-state index is -0.726. The highest BCUT2D eigenvalue weighted by atomic mass is 16.6. The monoisotopic (exact) mass is 309 g/mol. The molecule has 1 aromatic rings. The number of amides is 1. The van der Waals surface area contributed by atoms with Gasteiger partial charge in [0.25, 0.3) is 11.4 Å². The summed E-state index contributed by atoms with van der Waals surface area (Å²) in [6.07, 6.45) is 1.60. The molecule has 0 radical (unpaired) electrons. The molecule has 1 amide bonds. The number of carbonyl (C=O) groups is 1. The summed E-state index contributed by atoms with van der Waals surface area (Å²) < 4.78 is 5.36. The van der Waals surface area contributed by atoms with Crippen molar-refractivity contribution in [2.75, 3.05) is 13.2 Å². The number of benzene rings is 1. The molecule has 0 saturated carbocycles. The van der Waals surface area contributed by atoms with Crippen LogP contribution in [-0.4, -0.2) is 35.0 Å². The van der Waals surface area contributed by atoms with Crippen LogP contribution >= 0.6 is 0 Å². The number of rotatable bonds is 6. The molecule has 1 fully saturated rings. The SMILES string of the molecule is O=C(Cc1ccc([N+](=O)[O-])cc1[N+](=O)[O-])NCC1CCCO1. The Morgan fingerprint density at radius 2 is 2.09 bits per heavy atom. The molecular formula is C13H15N3O6. The lowest BCUT2D eigenvalue weighted by atomic mass is 10.1. The van der Waals surface area contributed by atoms with Gasteiger partial charge in [-0.05, 0) is 18.9 Å². The summed E-state index contributed by atoms with van der Waals surface area (Å²) >= 11 is 0. The maximum absolute atomic E-state index is 11.8. The summed E-state index contributed by atoms with van der Waals surface area (Å²) in [4.78, 5) is 32.0. The third kappa shape index (κ3) is 3.98. The maximum atomic E-state index is 11.8. The molecule has 1 heterocycles. The van der Waals surface area contributed by atoms with Crippen molar-refractivity contribution < 1.29 is 19.4 Å². The largest absolute Gasteiger partial charge is 0.376 e. The van der Waals surface area contributed by atoms with Gasteiger partial charge in [-0.3, -0.25) is 25.0 Å². The zero-order valence-corrected chi connectivity index (χ0v) is 11.7. The molecule has 2 rings (SSSR count). The second kappa shape index (κ2) is 6.94. The number of ether oxygens (including phenoxy) is 1. The average molecular weight is 309 g/mol. The first-order valence-electron chi connectivity index (χ1n) is 6.77. The fourth-order valence-corrected chi connectivity index (χ4v) is 2.25. The molecule has 0 spiro atoms. The van der Waals surface area contributed by atoms with Crippen molar-refractivity contribution in [3.05, 3.63) is 44.0 Å². The molecular weight excluding hydrogens is 294 g/mol. The quantitative estimate of drug-likeness (QED) is 0.624. The standard InChI is InChI=1S/C13H15N3O6/c17-13(14-8-11-2-1-5-22-11)6-9-3-4-10(15(18)19)7-12(9)16(20)21/h3-4,7,11H,1-2,5-6,8H2,(H,14,17). The van der Waals surface area contributed by atoms with Gasteiger partial charge in [0.2, 0.25) is 5.91 Å². The fraction of sp³-hybridized carbons (Fsp3) is 0.462. The molecule has 1 saturated heterocycles. The van der Waals surface area contributed by atoms with Gasteiger partial charge in [0.15, 0.2) is 0 Å². The molecule has 9 nitrogen and oxygen atoms in total. The predicted molar refractivity (Wildman–Crippen MR) is 75.4 cm³/mol. The minimum Gasteiger partial charge on any atom is -0.376 e. The summed E-state index contributed by atoms with van der Waals surface area (Å²) in [7, 11) is 0. The van der Waals surface area contributed by atoms with E-state index in [1.165, 1.54) is 6.07 Å². The van der Waals surface area contributed by atoms with E-state index in [-0.39, 0.29) is 29.7 Å². The average Bonchev–Trinajstić information content (AvgIpc) is 2.98. The number of nitrogens with zero attached hydrogens (tertiary/aromatic N) is 2. The Morgan fingerprint density at radius 3 is 2.68 bits per heavy atom. The number of hydrogen-bond acceptors (Lipinski definition) is 6. The molecule has 1 aliphatic heterocycles. The van der Waals surface area contributed by atoms with Gasteiger partial charge >= 0.3 is 0 Å². The van der Waals surface area contributed by atoms with E-state index in [0.29, 0.717) is 13.2 Å². The molecule has 0 aromatic heterocycles. The van der Waals surface area contributed by atoms with Crippen LogP contribution in [0.5, 0.6) is 0 Å². The van der Waals surface area contributed by atoms with Crippen LogP contribution in [0.25, 0.3) is 0 Å². The van der Waals surface area contributed by atoms with Crippen LogP contribution in [0.3, 0.4) is 0 Å². The summed E-state index contributed by atoms with van der Waals surface area (Å²) in [6.45, 7) is 1.04. The van der Waals surface area contributed by atoms with E-state index in [1.54, 1.807) is 0 Å². The number of hydrogen-bond donors (Lipinski definition) is 1. The van der Waals surface area contributed by atoms with Crippen molar-refractivity contribution in [3.8, 4) is 0 Å². The normalized spacial score (nSPS) is 17.2. The number of nitro benzene ring substituents is 2. The van der Waals surface area contributed by atoms with Gasteiger partial charge in [-0.15, -0.1) is 0 Å². The van der Waals surface area contributed by atoms with Gasteiger partial charge in [0, 0.05) is 24.8 Å². The van der Waals surface area contributed by atoms with Gasteiger partial charge in [-0.25, -0.2) is 0 Å².